The minimum absolute atomic E-state index is 0.00755. The predicted molar refractivity (Wildman–Crippen MR) is 107 cm³/mol. The third-order valence-corrected chi connectivity index (χ3v) is 5.41. The summed E-state index contributed by atoms with van der Waals surface area (Å²) in [6.45, 7) is 3.02. The van der Waals surface area contributed by atoms with Gasteiger partial charge in [0, 0.05) is 30.1 Å². The van der Waals surface area contributed by atoms with Gasteiger partial charge in [0.25, 0.3) is 5.91 Å². The van der Waals surface area contributed by atoms with Crippen LogP contribution in [-0.4, -0.2) is 49.6 Å². The third kappa shape index (κ3) is 4.44. The molecule has 0 radical (unpaired) electrons. The molecule has 2 amide bonds. The van der Waals surface area contributed by atoms with Crippen molar-refractivity contribution in [2.24, 2.45) is 5.92 Å². The first-order chi connectivity index (χ1) is 14.1. The Balaban J connectivity index is 1.22. The molecule has 9 heteroatoms. The lowest BCUT2D eigenvalue weighted by Crippen LogP contribution is -2.41. The number of carbonyl (C=O) groups is 2. The van der Waals surface area contributed by atoms with Crippen molar-refractivity contribution in [2.45, 2.75) is 45.2 Å². The van der Waals surface area contributed by atoms with E-state index in [-0.39, 0.29) is 23.8 Å². The number of aromatic amines is 1. The molecule has 1 aliphatic carbocycles. The van der Waals surface area contributed by atoms with Crippen LogP contribution in [0.3, 0.4) is 0 Å². The summed E-state index contributed by atoms with van der Waals surface area (Å²) in [7, 11) is 0. The Hall–Kier alpha value is -3.23. The summed E-state index contributed by atoms with van der Waals surface area (Å²) < 4.78 is 1.72. The van der Waals surface area contributed by atoms with Crippen LogP contribution in [0.5, 0.6) is 0 Å². The molecule has 0 saturated heterocycles. The predicted octanol–water partition coefficient (Wildman–Crippen LogP) is 1.57. The van der Waals surface area contributed by atoms with E-state index in [1.165, 1.54) is 0 Å². The lowest BCUT2D eigenvalue weighted by Gasteiger charge is -2.28. The number of carbonyl (C=O) groups excluding carboxylic acids is 2. The molecule has 3 aromatic rings. The second kappa shape index (κ2) is 8.42. The highest BCUT2D eigenvalue weighted by Gasteiger charge is 2.27. The molecule has 1 aliphatic rings. The number of aromatic nitrogens is 5. The van der Waals surface area contributed by atoms with Crippen molar-refractivity contribution in [2.75, 3.05) is 6.54 Å². The normalized spacial score (nSPS) is 19.2. The molecule has 152 valence electrons. The second-order valence-corrected chi connectivity index (χ2v) is 7.55. The van der Waals surface area contributed by atoms with Crippen molar-refractivity contribution < 1.29 is 9.59 Å². The van der Waals surface area contributed by atoms with Gasteiger partial charge in [-0.1, -0.05) is 23.4 Å². The Morgan fingerprint density at radius 2 is 2.00 bits per heavy atom. The van der Waals surface area contributed by atoms with Crippen molar-refractivity contribution in [3.63, 3.8) is 0 Å². The first-order valence-corrected chi connectivity index (χ1v) is 9.98. The van der Waals surface area contributed by atoms with Crippen molar-refractivity contribution in [3.05, 3.63) is 41.9 Å². The van der Waals surface area contributed by atoms with E-state index in [1.54, 1.807) is 4.68 Å². The van der Waals surface area contributed by atoms with Gasteiger partial charge in [-0.2, -0.15) is 5.10 Å². The lowest BCUT2D eigenvalue weighted by molar-refractivity contribution is -0.126. The Labute approximate surface area is 168 Å². The number of hydrogen-bond acceptors (Lipinski definition) is 5. The molecule has 0 spiro atoms. The SMILES string of the molecule is Cc1cn(CCNC(=O)C2CCC(NC(=O)c3n[nH]c4ccccc34)CC2)nn1. The van der Waals surface area contributed by atoms with Crippen molar-refractivity contribution in [1.82, 2.24) is 35.8 Å². The minimum Gasteiger partial charge on any atom is -0.354 e. The molecule has 4 rings (SSSR count). The van der Waals surface area contributed by atoms with Crippen LogP contribution in [0, 0.1) is 12.8 Å². The number of rotatable bonds is 6. The van der Waals surface area contributed by atoms with Crippen LogP contribution in [0.25, 0.3) is 10.9 Å². The number of fused-ring (bicyclic) bond motifs is 1. The van der Waals surface area contributed by atoms with E-state index >= 15 is 0 Å². The fraction of sp³-hybridized carbons (Fsp3) is 0.450. The summed E-state index contributed by atoms with van der Waals surface area (Å²) in [6.07, 6.45) is 4.95. The first kappa shape index (κ1) is 19.1. The van der Waals surface area contributed by atoms with Crippen LogP contribution in [-0.2, 0) is 11.3 Å². The summed E-state index contributed by atoms with van der Waals surface area (Å²) >= 11 is 0. The topological polar surface area (TPSA) is 118 Å². The van der Waals surface area contributed by atoms with E-state index in [9.17, 15) is 9.59 Å². The number of nitrogens with one attached hydrogen (secondary N) is 3. The molecule has 9 nitrogen and oxygen atoms in total. The van der Waals surface area contributed by atoms with Crippen LogP contribution in [0.15, 0.2) is 30.5 Å². The van der Waals surface area contributed by atoms with Crippen LogP contribution < -0.4 is 10.6 Å². The number of benzene rings is 1. The van der Waals surface area contributed by atoms with Gasteiger partial charge >= 0.3 is 0 Å². The maximum absolute atomic E-state index is 12.6. The fourth-order valence-corrected chi connectivity index (χ4v) is 3.83. The average molecular weight is 395 g/mol. The van der Waals surface area contributed by atoms with Gasteiger partial charge in [0.2, 0.25) is 5.91 Å². The van der Waals surface area contributed by atoms with Crippen LogP contribution in [0.2, 0.25) is 0 Å². The molecule has 0 aliphatic heterocycles. The van der Waals surface area contributed by atoms with Crippen molar-refractivity contribution in [3.8, 4) is 0 Å². The van der Waals surface area contributed by atoms with Crippen molar-refractivity contribution >= 4 is 22.7 Å². The molecular formula is C20H25N7O2. The Morgan fingerprint density at radius 3 is 2.76 bits per heavy atom. The van der Waals surface area contributed by atoms with Crippen molar-refractivity contribution in [1.29, 1.82) is 0 Å². The molecule has 0 unspecified atom stereocenters. The Kier molecular flexibility index (Phi) is 5.55. The van der Waals surface area contributed by atoms with Gasteiger partial charge in [0.15, 0.2) is 5.69 Å². The zero-order chi connectivity index (χ0) is 20.2. The third-order valence-electron chi connectivity index (χ3n) is 5.41. The number of amides is 2. The number of para-hydroxylation sites is 1. The summed E-state index contributed by atoms with van der Waals surface area (Å²) in [4.78, 5) is 25.0. The van der Waals surface area contributed by atoms with Gasteiger partial charge in [0.05, 0.1) is 17.8 Å². The van der Waals surface area contributed by atoms with E-state index in [0.717, 1.165) is 42.3 Å². The van der Waals surface area contributed by atoms with Gasteiger partial charge in [-0.3, -0.25) is 19.4 Å². The molecule has 3 N–H and O–H groups in total. The molecule has 2 aromatic heterocycles. The summed E-state index contributed by atoms with van der Waals surface area (Å²) in [5.41, 5.74) is 2.13. The first-order valence-electron chi connectivity index (χ1n) is 9.98. The number of H-pyrrole nitrogens is 1. The summed E-state index contributed by atoms with van der Waals surface area (Å²) in [5.74, 6) is -0.102. The standard InChI is InChI=1S/C20H25N7O2/c1-13-12-27(26-23-13)11-10-21-19(28)14-6-8-15(9-7-14)22-20(29)18-16-4-2-3-5-17(16)24-25-18/h2-5,12,14-15H,6-11H2,1H3,(H,21,28)(H,22,29)(H,24,25). The molecule has 0 atom stereocenters. The van der Waals surface area contributed by atoms with Gasteiger partial charge in [-0.25, -0.2) is 0 Å². The van der Waals surface area contributed by atoms with Gasteiger partial charge in [-0.05, 0) is 38.7 Å². The van der Waals surface area contributed by atoms with Crippen LogP contribution >= 0.6 is 0 Å². The fourth-order valence-electron chi connectivity index (χ4n) is 3.83. The molecular weight excluding hydrogens is 370 g/mol. The average Bonchev–Trinajstić information content (AvgIpc) is 3.34. The second-order valence-electron chi connectivity index (χ2n) is 7.55. The van der Waals surface area contributed by atoms with E-state index in [2.05, 4.69) is 31.1 Å². The zero-order valence-corrected chi connectivity index (χ0v) is 16.4. The number of hydrogen-bond donors (Lipinski definition) is 3. The van der Waals surface area contributed by atoms with Crippen LogP contribution in [0.1, 0.15) is 41.9 Å². The highest BCUT2D eigenvalue weighted by molar-refractivity contribution is 6.04. The maximum Gasteiger partial charge on any atom is 0.272 e. The quantitative estimate of drug-likeness (QED) is 0.586. The van der Waals surface area contributed by atoms with Gasteiger partial charge in [0.1, 0.15) is 0 Å². The Bertz CT molecular complexity index is 1000. The number of aryl methyl sites for hydroxylation is 1. The molecule has 29 heavy (non-hydrogen) atoms. The highest BCUT2D eigenvalue weighted by Crippen LogP contribution is 2.25. The maximum atomic E-state index is 12.6. The largest absolute Gasteiger partial charge is 0.354 e. The smallest absolute Gasteiger partial charge is 0.272 e. The minimum atomic E-state index is -0.168. The number of nitrogens with zero attached hydrogens (tertiary/aromatic N) is 4. The van der Waals surface area contributed by atoms with Gasteiger partial charge < -0.3 is 10.6 Å². The molecule has 1 aromatic carbocycles. The highest BCUT2D eigenvalue weighted by atomic mass is 16.2. The summed E-state index contributed by atoms with van der Waals surface area (Å²) in [6, 6.07) is 7.65. The van der Waals surface area contributed by atoms with Gasteiger partial charge in [-0.15, -0.1) is 5.10 Å². The molecule has 1 fully saturated rings. The van der Waals surface area contributed by atoms with E-state index in [4.69, 9.17) is 0 Å². The molecule has 2 heterocycles. The Morgan fingerprint density at radius 1 is 1.21 bits per heavy atom. The summed E-state index contributed by atoms with van der Waals surface area (Å²) in [5, 5.41) is 21.8. The monoisotopic (exact) mass is 395 g/mol. The van der Waals surface area contributed by atoms with E-state index in [1.807, 2.05) is 37.4 Å². The van der Waals surface area contributed by atoms with Crippen LogP contribution in [0.4, 0.5) is 0 Å². The molecule has 0 bridgehead atoms. The zero-order valence-electron chi connectivity index (χ0n) is 16.4. The lowest BCUT2D eigenvalue weighted by atomic mass is 9.85. The molecule has 1 saturated carbocycles. The van der Waals surface area contributed by atoms with E-state index < -0.39 is 0 Å². The van der Waals surface area contributed by atoms with E-state index in [0.29, 0.717) is 18.8 Å².